The molecule has 0 heterocycles. The maximum absolute atomic E-state index is 13.2. The average Bonchev–Trinajstić information content (AvgIpc) is 2.31. The van der Waals surface area contributed by atoms with Gasteiger partial charge in [-0.15, -0.1) is 0 Å². The van der Waals surface area contributed by atoms with Crippen LogP contribution in [0.15, 0.2) is 0 Å². The molecule has 0 aromatic heterocycles. The van der Waals surface area contributed by atoms with E-state index in [1.54, 1.807) is 0 Å². The van der Waals surface area contributed by atoms with E-state index in [1.165, 1.54) is 0 Å². The van der Waals surface area contributed by atoms with E-state index in [0.29, 0.717) is 0 Å². The van der Waals surface area contributed by atoms with Crippen LogP contribution >= 0.6 is 15.9 Å². The van der Waals surface area contributed by atoms with Gasteiger partial charge in [-0.05, 0) is 0 Å². The first kappa shape index (κ1) is 14.4. The van der Waals surface area contributed by atoms with Gasteiger partial charge < -0.3 is 9.84 Å². The van der Waals surface area contributed by atoms with Crippen molar-refractivity contribution in [1.82, 2.24) is 0 Å². The van der Waals surface area contributed by atoms with Gasteiger partial charge in [-0.3, -0.25) is 4.79 Å². The second-order valence-corrected chi connectivity index (χ2v) is 3.43. The van der Waals surface area contributed by atoms with Gasteiger partial charge in [-0.1, -0.05) is 15.9 Å². The molecule has 0 unspecified atom stereocenters. The highest BCUT2D eigenvalue weighted by atomic mass is 79.9. The van der Waals surface area contributed by atoms with E-state index in [-0.39, 0.29) is 0 Å². The van der Waals surface area contributed by atoms with Gasteiger partial charge in [0.2, 0.25) is 17.4 Å². The lowest BCUT2D eigenvalue weighted by Crippen LogP contribution is -2.16. The van der Waals surface area contributed by atoms with Crippen molar-refractivity contribution in [2.75, 3.05) is 5.33 Å². The van der Waals surface area contributed by atoms with E-state index in [0.717, 1.165) is 0 Å². The molecule has 1 rings (SSSR count). The van der Waals surface area contributed by atoms with Crippen LogP contribution in [-0.4, -0.2) is 22.4 Å². The second-order valence-electron chi connectivity index (χ2n) is 2.87. The third kappa shape index (κ3) is 2.45. The summed E-state index contributed by atoms with van der Waals surface area (Å²) in [5.41, 5.74) is -1.80. The Morgan fingerprint density at radius 2 is 1.50 bits per heavy atom. The summed E-state index contributed by atoms with van der Waals surface area (Å²) in [6, 6.07) is 0. The molecule has 9 heteroatoms. The lowest BCUT2D eigenvalue weighted by molar-refractivity contribution is -0.131. The zero-order valence-electron chi connectivity index (χ0n) is 8.27. The number of esters is 1. The fourth-order valence-electron chi connectivity index (χ4n) is 1.03. The molecule has 0 radical (unpaired) electrons. The first-order valence-electron chi connectivity index (χ1n) is 4.17. The predicted octanol–water partition coefficient (Wildman–Crippen LogP) is 2.24. The van der Waals surface area contributed by atoms with Crippen LogP contribution in [0, 0.1) is 23.3 Å². The first-order chi connectivity index (χ1) is 8.31. The molecule has 0 aliphatic carbocycles. The number of carboxylic acids is 1. The Morgan fingerprint density at radius 1 is 1.06 bits per heavy atom. The average molecular weight is 331 g/mol. The minimum absolute atomic E-state index is 0.476. The molecule has 0 aliphatic rings. The molecule has 1 aromatic rings. The molecule has 4 nitrogen and oxygen atoms in total. The normalized spacial score (nSPS) is 10.3. The van der Waals surface area contributed by atoms with Crippen molar-refractivity contribution in [3.8, 4) is 5.75 Å². The summed E-state index contributed by atoms with van der Waals surface area (Å²) in [5, 5.41) is 7.91. The number of hydrogen-bond donors (Lipinski definition) is 1. The van der Waals surface area contributed by atoms with Gasteiger partial charge in [-0.2, -0.15) is 8.78 Å². The van der Waals surface area contributed by atoms with E-state index >= 15 is 0 Å². The Morgan fingerprint density at radius 3 is 1.83 bits per heavy atom. The molecule has 0 atom stereocenters. The van der Waals surface area contributed by atoms with Crippen LogP contribution in [0.4, 0.5) is 17.6 Å². The zero-order valence-corrected chi connectivity index (χ0v) is 9.85. The van der Waals surface area contributed by atoms with Crippen molar-refractivity contribution in [1.29, 1.82) is 0 Å². The van der Waals surface area contributed by atoms with Crippen molar-refractivity contribution in [3.63, 3.8) is 0 Å². The van der Waals surface area contributed by atoms with E-state index < -0.39 is 51.9 Å². The highest BCUT2D eigenvalue weighted by Crippen LogP contribution is 2.30. The van der Waals surface area contributed by atoms with Crippen LogP contribution in [0.1, 0.15) is 10.4 Å². The van der Waals surface area contributed by atoms with Crippen molar-refractivity contribution in [2.45, 2.75) is 0 Å². The number of carbonyl (C=O) groups is 2. The molecule has 1 N–H and O–H groups in total. The summed E-state index contributed by atoms with van der Waals surface area (Å²) in [6.45, 7) is 0. The van der Waals surface area contributed by atoms with Crippen LogP contribution in [0.2, 0.25) is 0 Å². The summed E-state index contributed by atoms with van der Waals surface area (Å²) >= 11 is 2.60. The Balaban J connectivity index is 3.48. The SMILES string of the molecule is O=C(CBr)Oc1c(F)c(F)c(C(=O)O)c(F)c1F. The Labute approximate surface area is 105 Å². The highest BCUT2D eigenvalue weighted by molar-refractivity contribution is 9.09. The highest BCUT2D eigenvalue weighted by Gasteiger charge is 2.31. The summed E-state index contributed by atoms with van der Waals surface area (Å²) < 4.78 is 56.7. The Bertz CT molecular complexity index is 503. The summed E-state index contributed by atoms with van der Waals surface area (Å²) in [4.78, 5) is 21.2. The first-order valence-corrected chi connectivity index (χ1v) is 5.29. The van der Waals surface area contributed by atoms with Crippen molar-refractivity contribution in [2.24, 2.45) is 0 Å². The Kier molecular flexibility index (Phi) is 4.28. The van der Waals surface area contributed by atoms with Gasteiger partial charge in [0.25, 0.3) is 0 Å². The van der Waals surface area contributed by atoms with Gasteiger partial charge in [0, 0.05) is 0 Å². The number of aromatic carboxylic acids is 1. The summed E-state index contributed by atoms with van der Waals surface area (Å²) in [6.07, 6.45) is 0. The van der Waals surface area contributed by atoms with E-state index in [2.05, 4.69) is 20.7 Å². The molecule has 0 bridgehead atoms. The minimum atomic E-state index is -2.19. The number of halogens is 5. The number of rotatable bonds is 3. The van der Waals surface area contributed by atoms with Crippen LogP contribution in [-0.2, 0) is 4.79 Å². The second kappa shape index (κ2) is 5.34. The molecule has 0 amide bonds. The smallest absolute Gasteiger partial charge is 0.341 e. The maximum atomic E-state index is 13.2. The lowest BCUT2D eigenvalue weighted by Gasteiger charge is -2.09. The predicted molar refractivity (Wildman–Crippen MR) is 52.7 cm³/mol. The maximum Gasteiger partial charge on any atom is 0.341 e. The van der Waals surface area contributed by atoms with Crippen molar-refractivity contribution in [3.05, 3.63) is 28.8 Å². The van der Waals surface area contributed by atoms with Gasteiger partial charge in [0.15, 0.2) is 11.6 Å². The van der Waals surface area contributed by atoms with Gasteiger partial charge in [0.05, 0.1) is 0 Å². The minimum Gasteiger partial charge on any atom is -0.477 e. The standard InChI is InChI=1S/C9H3BrF4O4/c10-1-2(15)18-8-6(13)4(11)3(9(16)17)5(12)7(8)14/h1H2,(H,16,17). The third-order valence-electron chi connectivity index (χ3n) is 1.76. The molecular weight excluding hydrogens is 328 g/mol. The van der Waals surface area contributed by atoms with Crippen molar-refractivity contribution < 1.29 is 37.0 Å². The molecule has 0 saturated carbocycles. The molecular formula is C9H3BrF4O4. The molecule has 0 saturated heterocycles. The fourth-order valence-corrected chi connectivity index (χ4v) is 1.14. The van der Waals surface area contributed by atoms with Gasteiger partial charge >= 0.3 is 11.9 Å². The van der Waals surface area contributed by atoms with Crippen LogP contribution in [0.5, 0.6) is 5.75 Å². The largest absolute Gasteiger partial charge is 0.477 e. The molecule has 18 heavy (non-hydrogen) atoms. The van der Waals surface area contributed by atoms with Gasteiger partial charge in [0.1, 0.15) is 10.9 Å². The van der Waals surface area contributed by atoms with E-state index in [4.69, 9.17) is 5.11 Å². The number of hydrogen-bond acceptors (Lipinski definition) is 3. The summed E-state index contributed by atoms with van der Waals surface area (Å²) in [5.74, 6) is -13.5. The Hall–Kier alpha value is -1.64. The van der Waals surface area contributed by atoms with Crippen LogP contribution < -0.4 is 4.74 Å². The quantitative estimate of drug-likeness (QED) is 0.303. The van der Waals surface area contributed by atoms with Gasteiger partial charge in [-0.25, -0.2) is 13.6 Å². The molecule has 1 aromatic carbocycles. The molecule has 0 spiro atoms. The van der Waals surface area contributed by atoms with Crippen LogP contribution in [0.25, 0.3) is 0 Å². The van der Waals surface area contributed by atoms with Crippen molar-refractivity contribution >= 4 is 27.9 Å². The topological polar surface area (TPSA) is 63.6 Å². The van der Waals surface area contributed by atoms with Crippen LogP contribution in [0.3, 0.4) is 0 Å². The monoisotopic (exact) mass is 330 g/mol. The molecule has 0 aliphatic heterocycles. The fraction of sp³-hybridized carbons (Fsp3) is 0.111. The summed E-state index contributed by atoms with van der Waals surface area (Å²) in [7, 11) is 0. The zero-order chi connectivity index (χ0) is 14.0. The number of carbonyl (C=O) groups excluding carboxylic acids is 1. The van der Waals surface area contributed by atoms with E-state index in [1.807, 2.05) is 0 Å². The number of alkyl halides is 1. The molecule has 98 valence electrons. The number of carboxylic acid groups (broad SMARTS) is 1. The molecule has 0 fully saturated rings. The lowest BCUT2D eigenvalue weighted by atomic mass is 10.1. The number of ether oxygens (including phenoxy) is 1. The number of benzene rings is 1. The van der Waals surface area contributed by atoms with E-state index in [9.17, 15) is 27.2 Å². The third-order valence-corrected chi connectivity index (χ3v) is 2.22.